The van der Waals surface area contributed by atoms with E-state index in [4.69, 9.17) is 4.84 Å². The second-order valence-electron chi connectivity index (χ2n) is 10.7. The third-order valence-electron chi connectivity index (χ3n) is 7.75. The van der Waals surface area contributed by atoms with Crippen LogP contribution in [0.15, 0.2) is 35.2 Å². The molecule has 3 aliphatic rings. The lowest BCUT2D eigenvalue weighted by molar-refractivity contribution is -0.204. The predicted molar refractivity (Wildman–Crippen MR) is 163 cm³/mol. The molecule has 1 amide bonds. The highest BCUT2D eigenvalue weighted by Crippen LogP contribution is 2.43. The number of aromatic nitrogens is 2. The first-order valence-corrected chi connectivity index (χ1v) is 16.4. The summed E-state index contributed by atoms with van der Waals surface area (Å²) in [4.78, 5) is 34.5. The average molecular weight is 722 g/mol. The number of carbonyl (C=O) groups is 1. The Kier molecular flexibility index (Phi) is 9.05. The maximum absolute atomic E-state index is 13.5. The number of allylic oxidation sites excluding steroid dienone is 1. The highest BCUT2D eigenvalue weighted by molar-refractivity contribution is 14.1. The molecule has 1 spiro atoms. The fourth-order valence-electron chi connectivity index (χ4n) is 5.52. The number of hydrogen-bond acceptors (Lipinski definition) is 8. The van der Waals surface area contributed by atoms with E-state index in [-0.39, 0.29) is 30.5 Å². The first-order chi connectivity index (χ1) is 19.4. The zero-order chi connectivity index (χ0) is 29.5. The number of amides is 1. The summed E-state index contributed by atoms with van der Waals surface area (Å²) in [5.41, 5.74) is 2.54. The SMILES string of the molecule is C[C@H]1Cc2cc(C(=O)NCC3=C[C@H](C)[C@@H](S(=O)O)C=N3)sc2[N+]2(CCN([C@@H](C)c3cnc(C(F)(F)I)nc3)CC2)O1. The van der Waals surface area contributed by atoms with Gasteiger partial charge in [0.25, 0.3) is 5.91 Å². The lowest BCUT2D eigenvalue weighted by atomic mass is 10.0. The van der Waals surface area contributed by atoms with Crippen LogP contribution in [0, 0.1) is 5.92 Å². The van der Waals surface area contributed by atoms with Crippen molar-refractivity contribution in [3.8, 4) is 0 Å². The van der Waals surface area contributed by atoms with Gasteiger partial charge in [0.05, 0.1) is 30.2 Å². The summed E-state index contributed by atoms with van der Waals surface area (Å²) in [5, 5.41) is 3.42. The van der Waals surface area contributed by atoms with Gasteiger partial charge in [-0.3, -0.25) is 14.7 Å². The number of alkyl halides is 3. The Hall–Kier alpha value is -1.76. The van der Waals surface area contributed by atoms with Gasteiger partial charge in [0.1, 0.15) is 24.4 Å². The van der Waals surface area contributed by atoms with Gasteiger partial charge in [-0.25, -0.2) is 14.2 Å². The van der Waals surface area contributed by atoms with Crippen molar-refractivity contribution in [3.63, 3.8) is 0 Å². The van der Waals surface area contributed by atoms with E-state index < -0.39 is 26.1 Å². The number of thiophene rings is 1. The monoisotopic (exact) mass is 721 g/mol. The highest BCUT2D eigenvalue weighted by atomic mass is 127. The minimum atomic E-state index is -3.11. The van der Waals surface area contributed by atoms with Crippen molar-refractivity contribution in [2.75, 3.05) is 32.7 Å². The van der Waals surface area contributed by atoms with E-state index in [1.54, 1.807) is 0 Å². The number of quaternary nitrogens is 1. The number of nitrogens with zero attached hydrogens (tertiary/aromatic N) is 5. The summed E-state index contributed by atoms with van der Waals surface area (Å²) < 4.78 is 45.0. The second-order valence-corrected chi connectivity index (χ2v) is 14.1. The zero-order valence-electron chi connectivity index (χ0n) is 22.8. The number of hydroxylamine groups is 2. The summed E-state index contributed by atoms with van der Waals surface area (Å²) in [6.45, 7) is 8.92. The smallest absolute Gasteiger partial charge is 0.346 e. The molecule has 1 fully saturated rings. The molecule has 15 heteroatoms. The van der Waals surface area contributed by atoms with Crippen LogP contribution in [0.4, 0.5) is 13.8 Å². The molecule has 2 aromatic heterocycles. The molecular weight excluding hydrogens is 689 g/mol. The molecule has 0 bridgehead atoms. The van der Waals surface area contributed by atoms with Crippen LogP contribution in [0.2, 0.25) is 0 Å². The van der Waals surface area contributed by atoms with Gasteiger partial charge in [0.2, 0.25) is 10.8 Å². The molecule has 0 saturated carbocycles. The van der Waals surface area contributed by atoms with Gasteiger partial charge in [-0.15, -0.1) is 4.65 Å². The van der Waals surface area contributed by atoms with E-state index in [0.717, 1.165) is 45.1 Å². The van der Waals surface area contributed by atoms with Crippen LogP contribution in [0.25, 0.3) is 0 Å². The molecule has 222 valence electrons. The van der Waals surface area contributed by atoms with Crippen molar-refractivity contribution in [3.05, 3.63) is 52.1 Å². The Morgan fingerprint density at radius 3 is 2.63 bits per heavy atom. The molecule has 5 rings (SSSR count). The maximum atomic E-state index is 13.5. The number of piperazine rings is 1. The topological polar surface area (TPSA) is 117 Å². The fourth-order valence-corrected chi connectivity index (χ4v) is 7.65. The number of fused-ring (bicyclic) bond motifs is 2. The van der Waals surface area contributed by atoms with E-state index in [2.05, 4.69) is 25.2 Å². The molecule has 1 saturated heterocycles. The number of rotatable bonds is 7. The summed E-state index contributed by atoms with van der Waals surface area (Å²) in [6.07, 6.45) is 6.94. The van der Waals surface area contributed by atoms with Crippen LogP contribution in [0.3, 0.4) is 0 Å². The van der Waals surface area contributed by atoms with Crippen molar-refractivity contribution in [2.24, 2.45) is 10.9 Å². The van der Waals surface area contributed by atoms with E-state index in [0.29, 0.717) is 41.4 Å². The highest BCUT2D eigenvalue weighted by Gasteiger charge is 2.46. The molecule has 5 atom stereocenters. The third-order valence-corrected chi connectivity index (χ3v) is 10.6. The summed E-state index contributed by atoms with van der Waals surface area (Å²) in [6, 6.07) is 1.91. The Morgan fingerprint density at radius 1 is 1.34 bits per heavy atom. The van der Waals surface area contributed by atoms with Crippen molar-refractivity contribution < 1.29 is 27.2 Å². The quantitative estimate of drug-likeness (QED) is 0.191. The molecule has 41 heavy (non-hydrogen) atoms. The molecule has 5 heterocycles. The van der Waals surface area contributed by atoms with Gasteiger partial charge in [-0.2, -0.15) is 13.6 Å². The largest absolute Gasteiger partial charge is 0.354 e. The van der Waals surface area contributed by atoms with Gasteiger partial charge in [0, 0.05) is 64.8 Å². The van der Waals surface area contributed by atoms with Crippen LogP contribution >= 0.6 is 33.9 Å². The Bertz CT molecular complexity index is 1370. The van der Waals surface area contributed by atoms with Gasteiger partial charge in [-0.05, 0) is 25.8 Å². The Labute approximate surface area is 257 Å². The van der Waals surface area contributed by atoms with Crippen molar-refractivity contribution in [2.45, 2.75) is 48.5 Å². The second kappa shape index (κ2) is 12.1. The molecule has 0 aliphatic carbocycles. The van der Waals surface area contributed by atoms with Crippen LogP contribution in [-0.4, -0.2) is 79.8 Å². The average Bonchev–Trinajstić information content (AvgIpc) is 3.36. The Balaban J connectivity index is 1.25. The van der Waals surface area contributed by atoms with Gasteiger partial charge in [-0.1, -0.05) is 24.3 Å². The summed E-state index contributed by atoms with van der Waals surface area (Å²) in [7, 11) is 0. The number of carbonyl (C=O) groups excluding carboxylic acids is 1. The minimum absolute atomic E-state index is 0.0129. The number of halogens is 3. The maximum Gasteiger partial charge on any atom is 0.354 e. The fraction of sp³-hybridized carbons (Fsp3) is 0.538. The molecule has 10 nitrogen and oxygen atoms in total. The molecule has 3 aliphatic heterocycles. The van der Waals surface area contributed by atoms with Gasteiger partial charge in [0.15, 0.2) is 11.1 Å². The summed E-state index contributed by atoms with van der Waals surface area (Å²) >= 11 is 0.484. The predicted octanol–water partition coefficient (Wildman–Crippen LogP) is 4.21. The van der Waals surface area contributed by atoms with Crippen molar-refractivity contribution in [1.29, 1.82) is 0 Å². The molecule has 2 N–H and O–H groups in total. The molecular formula is C26H32F2IN6O4S2+. The first kappa shape index (κ1) is 30.7. The lowest BCUT2D eigenvalue weighted by Crippen LogP contribution is -2.63. The van der Waals surface area contributed by atoms with Crippen LogP contribution < -0.4 is 9.96 Å². The number of aliphatic imine (C=N–C) groups is 1. The number of nitrogens with one attached hydrogen (secondary N) is 1. The summed E-state index contributed by atoms with van der Waals surface area (Å²) in [5.74, 6) is -0.848. The lowest BCUT2D eigenvalue weighted by Gasteiger charge is -2.45. The number of hydrogen-bond donors (Lipinski definition) is 2. The van der Waals surface area contributed by atoms with Crippen molar-refractivity contribution in [1.82, 2.24) is 24.8 Å². The standard InChI is InChI=1S/C26H31F2IN6O4S2/c1-15-8-20(30-14-22(15)41(37)38)13-31-23(36)21-10-18-9-16(2)39-35(24(18)40-21)6-4-34(5-7-35)17(3)19-11-32-25(33-12-19)26(27,28)29/h8,10-12,14-17,22H,4-7,9,13H2,1-3H3,(H-,31,36,37,38)/p+1/t15-,16-,17-,22-/m0/s1. The molecule has 1 unspecified atom stereocenters. The molecule has 2 aromatic rings. The van der Waals surface area contributed by atoms with Crippen LogP contribution in [0.5, 0.6) is 0 Å². The van der Waals surface area contributed by atoms with Gasteiger partial charge >= 0.3 is 3.93 Å². The zero-order valence-corrected chi connectivity index (χ0v) is 26.6. The molecule has 0 aromatic carbocycles. The molecule has 0 radical (unpaired) electrons. The first-order valence-electron chi connectivity index (χ1n) is 13.3. The minimum Gasteiger partial charge on any atom is -0.346 e. The van der Waals surface area contributed by atoms with Crippen LogP contribution in [-0.2, 0) is 26.3 Å². The van der Waals surface area contributed by atoms with E-state index >= 15 is 0 Å². The van der Waals surface area contributed by atoms with E-state index in [1.807, 2.05) is 32.9 Å². The van der Waals surface area contributed by atoms with Gasteiger partial charge < -0.3 is 9.87 Å². The van der Waals surface area contributed by atoms with Crippen molar-refractivity contribution >= 4 is 62.1 Å². The normalized spacial score (nSPS) is 25.8. The van der Waals surface area contributed by atoms with Crippen LogP contribution in [0.1, 0.15) is 53.4 Å². The third kappa shape index (κ3) is 6.60. The Morgan fingerprint density at radius 2 is 2.02 bits per heavy atom. The van der Waals surface area contributed by atoms with E-state index in [9.17, 15) is 22.3 Å². The van der Waals surface area contributed by atoms with E-state index in [1.165, 1.54) is 29.9 Å².